The standard InChI is InChI=1S/C8H8N2O2.ClH/c9-10-6-1-2-7-5(3-6)4-12-8(7)11;/h1-3,10H,4,9H2;1H. The number of nitrogens with two attached hydrogens (primary N) is 1. The second-order valence-corrected chi connectivity index (χ2v) is 2.59. The largest absolute Gasteiger partial charge is 0.457 e. The number of benzene rings is 1. The van der Waals surface area contributed by atoms with Gasteiger partial charge in [-0.3, -0.25) is 5.84 Å². The van der Waals surface area contributed by atoms with Crippen molar-refractivity contribution < 1.29 is 9.53 Å². The van der Waals surface area contributed by atoms with Gasteiger partial charge in [0.1, 0.15) is 6.61 Å². The monoisotopic (exact) mass is 200 g/mol. The molecule has 0 aromatic heterocycles. The molecule has 3 N–H and O–H groups in total. The van der Waals surface area contributed by atoms with E-state index in [1.165, 1.54) is 0 Å². The Hall–Kier alpha value is -1.26. The zero-order chi connectivity index (χ0) is 8.55. The van der Waals surface area contributed by atoms with Crippen LogP contribution in [0.15, 0.2) is 18.2 Å². The second-order valence-electron chi connectivity index (χ2n) is 2.59. The summed E-state index contributed by atoms with van der Waals surface area (Å²) in [5, 5.41) is 0. The van der Waals surface area contributed by atoms with Crippen molar-refractivity contribution in [1.82, 2.24) is 0 Å². The molecule has 0 saturated heterocycles. The lowest BCUT2D eigenvalue weighted by molar-refractivity contribution is 0.0535. The topological polar surface area (TPSA) is 64.3 Å². The molecule has 1 aromatic rings. The number of fused-ring (bicyclic) bond motifs is 1. The zero-order valence-corrected chi connectivity index (χ0v) is 7.56. The lowest BCUT2D eigenvalue weighted by atomic mass is 10.1. The molecule has 0 aliphatic carbocycles. The summed E-state index contributed by atoms with van der Waals surface area (Å²) in [6.45, 7) is 0.351. The Morgan fingerprint density at radius 2 is 2.23 bits per heavy atom. The molecule has 0 radical (unpaired) electrons. The summed E-state index contributed by atoms with van der Waals surface area (Å²) in [7, 11) is 0. The summed E-state index contributed by atoms with van der Waals surface area (Å²) < 4.78 is 4.82. The minimum atomic E-state index is -0.256. The molecule has 4 nitrogen and oxygen atoms in total. The molecule has 5 heteroatoms. The van der Waals surface area contributed by atoms with Crippen LogP contribution >= 0.6 is 12.4 Å². The minimum absolute atomic E-state index is 0. The number of hydrazine groups is 1. The second kappa shape index (κ2) is 3.64. The summed E-state index contributed by atoms with van der Waals surface area (Å²) in [5.41, 5.74) is 4.81. The lowest BCUT2D eigenvalue weighted by Crippen LogP contribution is -2.06. The third-order valence-corrected chi connectivity index (χ3v) is 1.85. The van der Waals surface area contributed by atoms with E-state index in [9.17, 15) is 4.79 Å². The lowest BCUT2D eigenvalue weighted by Gasteiger charge is -1.99. The number of hydrogen-bond acceptors (Lipinski definition) is 4. The van der Waals surface area contributed by atoms with Crippen molar-refractivity contribution in [2.24, 2.45) is 5.84 Å². The van der Waals surface area contributed by atoms with Crippen LogP contribution in [0.25, 0.3) is 0 Å². The fraction of sp³-hybridized carbons (Fsp3) is 0.125. The van der Waals surface area contributed by atoms with Crippen molar-refractivity contribution in [3.05, 3.63) is 29.3 Å². The normalized spacial score (nSPS) is 12.8. The first-order valence-electron chi connectivity index (χ1n) is 3.58. The molecular formula is C8H9ClN2O2. The third kappa shape index (κ3) is 1.59. The predicted octanol–water partition coefficient (Wildman–Crippen LogP) is 1.06. The zero-order valence-electron chi connectivity index (χ0n) is 6.74. The van der Waals surface area contributed by atoms with E-state index in [-0.39, 0.29) is 18.4 Å². The van der Waals surface area contributed by atoms with Crippen LogP contribution in [-0.4, -0.2) is 5.97 Å². The van der Waals surface area contributed by atoms with Crippen LogP contribution in [0.5, 0.6) is 0 Å². The van der Waals surface area contributed by atoms with E-state index in [1.54, 1.807) is 18.2 Å². The molecule has 0 bridgehead atoms. The summed E-state index contributed by atoms with van der Waals surface area (Å²) in [6, 6.07) is 5.26. The molecule has 70 valence electrons. The van der Waals surface area contributed by atoms with Gasteiger partial charge in [-0.2, -0.15) is 0 Å². The molecule has 0 atom stereocenters. The summed E-state index contributed by atoms with van der Waals surface area (Å²) in [6.07, 6.45) is 0. The number of cyclic esters (lactones) is 1. The Morgan fingerprint density at radius 1 is 1.46 bits per heavy atom. The van der Waals surface area contributed by atoms with Crippen molar-refractivity contribution >= 4 is 24.1 Å². The molecule has 0 saturated carbocycles. The first kappa shape index (κ1) is 9.83. The third-order valence-electron chi connectivity index (χ3n) is 1.85. The molecule has 0 spiro atoms. The number of anilines is 1. The van der Waals surface area contributed by atoms with Crippen LogP contribution in [0.2, 0.25) is 0 Å². The number of hydrogen-bond donors (Lipinski definition) is 2. The summed E-state index contributed by atoms with van der Waals surface area (Å²) >= 11 is 0. The van der Waals surface area contributed by atoms with Gasteiger partial charge in [0.15, 0.2) is 0 Å². The van der Waals surface area contributed by atoms with E-state index in [4.69, 9.17) is 10.6 Å². The van der Waals surface area contributed by atoms with Crippen LogP contribution in [0.4, 0.5) is 5.69 Å². The predicted molar refractivity (Wildman–Crippen MR) is 50.6 cm³/mol. The minimum Gasteiger partial charge on any atom is -0.457 e. The Morgan fingerprint density at radius 3 is 2.92 bits per heavy atom. The highest BCUT2D eigenvalue weighted by Crippen LogP contribution is 2.22. The van der Waals surface area contributed by atoms with Crippen molar-refractivity contribution in [2.45, 2.75) is 6.61 Å². The quantitative estimate of drug-likeness (QED) is 0.404. The van der Waals surface area contributed by atoms with Gasteiger partial charge in [-0.15, -0.1) is 12.4 Å². The molecule has 1 aromatic carbocycles. The van der Waals surface area contributed by atoms with Crippen molar-refractivity contribution in [2.75, 3.05) is 5.43 Å². The first-order valence-corrected chi connectivity index (χ1v) is 3.58. The number of nitrogen functional groups attached to an aromatic ring is 1. The maximum atomic E-state index is 11.0. The molecule has 0 unspecified atom stereocenters. The highest BCUT2D eigenvalue weighted by molar-refractivity contribution is 5.93. The van der Waals surface area contributed by atoms with Gasteiger partial charge in [-0.1, -0.05) is 0 Å². The van der Waals surface area contributed by atoms with Crippen LogP contribution in [-0.2, 0) is 11.3 Å². The number of halogens is 1. The molecular weight excluding hydrogens is 192 g/mol. The van der Waals surface area contributed by atoms with E-state index in [2.05, 4.69) is 5.43 Å². The molecule has 1 aliphatic heterocycles. The van der Waals surface area contributed by atoms with Gasteiger partial charge in [0.05, 0.1) is 5.56 Å². The number of rotatable bonds is 1. The van der Waals surface area contributed by atoms with E-state index < -0.39 is 0 Å². The van der Waals surface area contributed by atoms with Crippen LogP contribution < -0.4 is 11.3 Å². The maximum Gasteiger partial charge on any atom is 0.338 e. The average Bonchev–Trinajstić information content (AvgIpc) is 2.47. The maximum absolute atomic E-state index is 11.0. The molecule has 0 fully saturated rings. The van der Waals surface area contributed by atoms with Gasteiger partial charge < -0.3 is 10.2 Å². The van der Waals surface area contributed by atoms with Gasteiger partial charge in [0.25, 0.3) is 0 Å². The fourth-order valence-electron chi connectivity index (χ4n) is 1.22. The molecule has 1 aliphatic rings. The Kier molecular flexibility index (Phi) is 2.75. The number of esters is 1. The molecule has 1 heterocycles. The van der Waals surface area contributed by atoms with Gasteiger partial charge in [-0.25, -0.2) is 4.79 Å². The van der Waals surface area contributed by atoms with E-state index in [0.29, 0.717) is 12.2 Å². The van der Waals surface area contributed by atoms with Crippen molar-refractivity contribution in [3.8, 4) is 0 Å². The number of ether oxygens (including phenoxy) is 1. The van der Waals surface area contributed by atoms with E-state index in [1.807, 2.05) is 0 Å². The SMILES string of the molecule is Cl.NNc1ccc2c(c1)COC2=O. The molecule has 2 rings (SSSR count). The average molecular weight is 201 g/mol. The first-order chi connectivity index (χ1) is 5.81. The summed E-state index contributed by atoms with van der Waals surface area (Å²) in [4.78, 5) is 11.0. The number of carbonyl (C=O) groups is 1. The highest BCUT2D eigenvalue weighted by atomic mass is 35.5. The van der Waals surface area contributed by atoms with E-state index >= 15 is 0 Å². The summed E-state index contributed by atoms with van der Waals surface area (Å²) in [5.74, 6) is 4.95. The smallest absolute Gasteiger partial charge is 0.338 e. The highest BCUT2D eigenvalue weighted by Gasteiger charge is 2.20. The van der Waals surface area contributed by atoms with Crippen LogP contribution in [0, 0.1) is 0 Å². The Bertz CT molecular complexity index is 341. The van der Waals surface area contributed by atoms with E-state index in [0.717, 1.165) is 11.3 Å². The number of carbonyl (C=O) groups excluding carboxylic acids is 1. The molecule has 0 amide bonds. The van der Waals surface area contributed by atoms with Crippen LogP contribution in [0.1, 0.15) is 15.9 Å². The van der Waals surface area contributed by atoms with Gasteiger partial charge in [-0.05, 0) is 18.2 Å². The van der Waals surface area contributed by atoms with Gasteiger partial charge >= 0.3 is 5.97 Å². The van der Waals surface area contributed by atoms with Crippen LogP contribution in [0.3, 0.4) is 0 Å². The van der Waals surface area contributed by atoms with Gasteiger partial charge in [0.2, 0.25) is 0 Å². The number of nitrogens with one attached hydrogen (secondary N) is 1. The fourth-order valence-corrected chi connectivity index (χ4v) is 1.22. The van der Waals surface area contributed by atoms with Gasteiger partial charge in [0, 0.05) is 11.3 Å². The van der Waals surface area contributed by atoms with Crippen molar-refractivity contribution in [3.63, 3.8) is 0 Å². The van der Waals surface area contributed by atoms with Crippen molar-refractivity contribution in [1.29, 1.82) is 0 Å². The Labute approximate surface area is 81.4 Å². The molecule has 13 heavy (non-hydrogen) atoms. The Balaban J connectivity index is 0.000000845.